The van der Waals surface area contributed by atoms with E-state index in [1.165, 1.54) is 0 Å². The second-order valence-corrected chi connectivity index (χ2v) is 4.94. The Kier molecular flexibility index (Phi) is 5.73. The Morgan fingerprint density at radius 1 is 1.24 bits per heavy atom. The largest absolute Gasteiger partial charge is 0.391 e. The van der Waals surface area contributed by atoms with Gasteiger partial charge >= 0.3 is 6.18 Å². The van der Waals surface area contributed by atoms with Crippen LogP contribution in [-0.4, -0.2) is 32.0 Å². The van der Waals surface area contributed by atoms with Crippen molar-refractivity contribution in [3.8, 4) is 0 Å². The number of nitrogens with one attached hydrogen (secondary N) is 1. The van der Waals surface area contributed by atoms with E-state index < -0.39 is 12.1 Å². The molecule has 1 N–H and O–H groups in total. The van der Waals surface area contributed by atoms with Crippen LogP contribution in [-0.2, 0) is 4.74 Å². The molecule has 0 radical (unpaired) electrons. The maximum atomic E-state index is 12.5. The Morgan fingerprint density at radius 2 is 1.82 bits per heavy atom. The molecule has 0 saturated heterocycles. The predicted molar refractivity (Wildman–Crippen MR) is 60.9 cm³/mol. The molecular formula is C12H22F3NO. The molecule has 0 heterocycles. The highest BCUT2D eigenvalue weighted by Crippen LogP contribution is 2.37. The van der Waals surface area contributed by atoms with Crippen molar-refractivity contribution in [2.75, 3.05) is 13.7 Å². The van der Waals surface area contributed by atoms with Gasteiger partial charge < -0.3 is 10.1 Å². The van der Waals surface area contributed by atoms with Gasteiger partial charge in [-0.2, -0.15) is 13.2 Å². The minimum Gasteiger partial charge on any atom is -0.385 e. The highest BCUT2D eigenvalue weighted by Gasteiger charge is 2.41. The van der Waals surface area contributed by atoms with E-state index in [4.69, 9.17) is 4.74 Å². The summed E-state index contributed by atoms with van der Waals surface area (Å²) >= 11 is 0. The van der Waals surface area contributed by atoms with Gasteiger partial charge in [-0.25, -0.2) is 0 Å². The highest BCUT2D eigenvalue weighted by molar-refractivity contribution is 4.82. The molecule has 0 aliphatic heterocycles. The first kappa shape index (κ1) is 14.8. The van der Waals surface area contributed by atoms with Gasteiger partial charge in [0.15, 0.2) is 0 Å². The lowest BCUT2D eigenvalue weighted by molar-refractivity contribution is -0.182. The van der Waals surface area contributed by atoms with Crippen LogP contribution in [0.15, 0.2) is 0 Å². The SMILES string of the molecule is COCCC(C)NC1CCC(C(F)(F)F)CC1. The highest BCUT2D eigenvalue weighted by atomic mass is 19.4. The summed E-state index contributed by atoms with van der Waals surface area (Å²) in [4.78, 5) is 0. The number of alkyl halides is 3. The zero-order valence-corrected chi connectivity index (χ0v) is 10.5. The van der Waals surface area contributed by atoms with Crippen molar-refractivity contribution >= 4 is 0 Å². The summed E-state index contributed by atoms with van der Waals surface area (Å²) < 4.78 is 42.4. The molecule has 17 heavy (non-hydrogen) atoms. The van der Waals surface area contributed by atoms with Gasteiger partial charge in [-0.05, 0) is 39.0 Å². The fourth-order valence-corrected chi connectivity index (χ4v) is 2.37. The van der Waals surface area contributed by atoms with Crippen LogP contribution in [0.1, 0.15) is 39.0 Å². The van der Waals surface area contributed by atoms with E-state index in [-0.39, 0.29) is 18.9 Å². The number of hydrogen-bond donors (Lipinski definition) is 1. The molecule has 1 fully saturated rings. The molecule has 0 aromatic rings. The van der Waals surface area contributed by atoms with Gasteiger partial charge in [0.1, 0.15) is 0 Å². The van der Waals surface area contributed by atoms with Crippen molar-refractivity contribution in [3.63, 3.8) is 0 Å². The Bertz CT molecular complexity index is 212. The van der Waals surface area contributed by atoms with Gasteiger partial charge in [0.25, 0.3) is 0 Å². The molecule has 1 saturated carbocycles. The standard InChI is InChI=1S/C12H22F3NO/c1-9(7-8-17-2)16-11-5-3-10(4-6-11)12(13,14)15/h9-11,16H,3-8H2,1-2H3. The van der Waals surface area contributed by atoms with Gasteiger partial charge in [0.05, 0.1) is 5.92 Å². The van der Waals surface area contributed by atoms with Gasteiger partial charge in [-0.15, -0.1) is 0 Å². The van der Waals surface area contributed by atoms with Crippen LogP contribution in [0, 0.1) is 5.92 Å². The summed E-state index contributed by atoms with van der Waals surface area (Å²) in [5.74, 6) is -1.09. The van der Waals surface area contributed by atoms with E-state index in [1.54, 1.807) is 7.11 Å². The zero-order valence-electron chi connectivity index (χ0n) is 10.5. The first-order valence-corrected chi connectivity index (χ1v) is 6.25. The molecule has 1 atom stereocenters. The zero-order chi connectivity index (χ0) is 12.9. The van der Waals surface area contributed by atoms with Crippen molar-refractivity contribution in [1.82, 2.24) is 5.32 Å². The Balaban J connectivity index is 2.23. The molecule has 0 spiro atoms. The maximum Gasteiger partial charge on any atom is 0.391 e. The molecule has 5 heteroatoms. The van der Waals surface area contributed by atoms with Crippen LogP contribution in [0.3, 0.4) is 0 Å². The van der Waals surface area contributed by atoms with Crippen molar-refractivity contribution in [3.05, 3.63) is 0 Å². The first-order valence-electron chi connectivity index (χ1n) is 6.25. The molecule has 0 aromatic heterocycles. The van der Waals surface area contributed by atoms with E-state index in [9.17, 15) is 13.2 Å². The normalized spacial score (nSPS) is 28.1. The van der Waals surface area contributed by atoms with Crippen LogP contribution in [0.5, 0.6) is 0 Å². The second kappa shape index (κ2) is 6.59. The van der Waals surface area contributed by atoms with E-state index >= 15 is 0 Å². The fraction of sp³-hybridized carbons (Fsp3) is 1.00. The summed E-state index contributed by atoms with van der Waals surface area (Å²) in [6.45, 7) is 2.74. The average molecular weight is 253 g/mol. The third kappa shape index (κ3) is 5.25. The first-order chi connectivity index (χ1) is 7.93. The third-order valence-corrected chi connectivity index (χ3v) is 3.47. The third-order valence-electron chi connectivity index (χ3n) is 3.47. The van der Waals surface area contributed by atoms with Crippen LogP contribution in [0.4, 0.5) is 13.2 Å². The lowest BCUT2D eigenvalue weighted by Crippen LogP contribution is -2.41. The number of rotatable bonds is 5. The van der Waals surface area contributed by atoms with Crippen molar-refractivity contribution in [1.29, 1.82) is 0 Å². The minimum absolute atomic E-state index is 0.237. The van der Waals surface area contributed by atoms with E-state index in [2.05, 4.69) is 12.2 Å². The van der Waals surface area contributed by atoms with Gasteiger partial charge in [0.2, 0.25) is 0 Å². The molecule has 0 amide bonds. The summed E-state index contributed by atoms with van der Waals surface area (Å²) in [6.07, 6.45) is -1.33. The summed E-state index contributed by atoms with van der Waals surface area (Å²) in [7, 11) is 1.65. The van der Waals surface area contributed by atoms with Crippen LogP contribution in [0.2, 0.25) is 0 Å². The minimum atomic E-state index is -4.01. The van der Waals surface area contributed by atoms with E-state index in [0.29, 0.717) is 25.5 Å². The molecule has 1 rings (SSSR count). The molecular weight excluding hydrogens is 231 g/mol. The number of methoxy groups -OCH3 is 1. The molecule has 0 bridgehead atoms. The van der Waals surface area contributed by atoms with Crippen molar-refractivity contribution in [2.24, 2.45) is 5.92 Å². The number of hydrogen-bond acceptors (Lipinski definition) is 2. The average Bonchev–Trinajstić information content (AvgIpc) is 2.26. The topological polar surface area (TPSA) is 21.3 Å². The molecule has 1 aliphatic carbocycles. The van der Waals surface area contributed by atoms with Crippen molar-refractivity contribution in [2.45, 2.75) is 57.3 Å². The van der Waals surface area contributed by atoms with Crippen LogP contribution >= 0.6 is 0 Å². The summed E-state index contributed by atoms with van der Waals surface area (Å²) in [5.41, 5.74) is 0. The smallest absolute Gasteiger partial charge is 0.385 e. The molecule has 2 nitrogen and oxygen atoms in total. The monoisotopic (exact) mass is 253 g/mol. The van der Waals surface area contributed by atoms with Crippen LogP contribution in [0.25, 0.3) is 0 Å². The van der Waals surface area contributed by atoms with Crippen LogP contribution < -0.4 is 5.32 Å². The van der Waals surface area contributed by atoms with Crippen molar-refractivity contribution < 1.29 is 17.9 Å². The molecule has 1 unspecified atom stereocenters. The molecule has 102 valence electrons. The predicted octanol–water partition coefficient (Wildman–Crippen LogP) is 3.12. The lowest BCUT2D eigenvalue weighted by atomic mass is 9.85. The van der Waals surface area contributed by atoms with E-state index in [0.717, 1.165) is 6.42 Å². The Hall–Kier alpha value is -0.290. The number of halogens is 3. The second-order valence-electron chi connectivity index (χ2n) is 4.94. The Morgan fingerprint density at radius 3 is 2.29 bits per heavy atom. The fourth-order valence-electron chi connectivity index (χ4n) is 2.37. The summed E-state index contributed by atoms with van der Waals surface area (Å²) in [5, 5.41) is 3.38. The lowest BCUT2D eigenvalue weighted by Gasteiger charge is -2.32. The van der Waals surface area contributed by atoms with Gasteiger partial charge in [0, 0.05) is 25.8 Å². The van der Waals surface area contributed by atoms with E-state index in [1.807, 2.05) is 0 Å². The molecule has 0 aromatic carbocycles. The molecule has 1 aliphatic rings. The quantitative estimate of drug-likeness (QED) is 0.812. The number of ether oxygens (including phenoxy) is 1. The van der Waals surface area contributed by atoms with Gasteiger partial charge in [-0.1, -0.05) is 0 Å². The summed E-state index contributed by atoms with van der Waals surface area (Å²) in [6, 6.07) is 0.544. The van der Waals surface area contributed by atoms with Gasteiger partial charge in [-0.3, -0.25) is 0 Å². The maximum absolute atomic E-state index is 12.5. The Labute approximate surface area is 101 Å².